The highest BCUT2D eigenvalue weighted by Gasteiger charge is 2.33. The molecular formula is C58H78N6O10. The van der Waals surface area contributed by atoms with Gasteiger partial charge in [-0.05, 0) is 122 Å². The zero-order valence-corrected chi connectivity index (χ0v) is 45.7. The molecule has 1 saturated heterocycles. The monoisotopic (exact) mass is 1020 g/mol. The molecule has 1 aliphatic heterocycles. The summed E-state index contributed by atoms with van der Waals surface area (Å²) in [6.07, 6.45) is 0.0861. The van der Waals surface area contributed by atoms with Gasteiger partial charge in [-0.2, -0.15) is 0 Å². The van der Waals surface area contributed by atoms with Gasteiger partial charge < -0.3 is 23.4 Å². The van der Waals surface area contributed by atoms with Crippen molar-refractivity contribution in [1.29, 1.82) is 0 Å². The average molecular weight is 1020 g/mol. The third-order valence-electron chi connectivity index (χ3n) is 12.3. The highest BCUT2D eigenvalue weighted by atomic mass is 16.6. The van der Waals surface area contributed by atoms with E-state index in [0.717, 1.165) is 16.8 Å². The molecule has 0 aliphatic carbocycles. The van der Waals surface area contributed by atoms with Crippen molar-refractivity contribution in [2.75, 3.05) is 65.4 Å². The number of carbonyl (C=O) groups is 4. The fourth-order valence-corrected chi connectivity index (χ4v) is 8.62. The van der Waals surface area contributed by atoms with Crippen LogP contribution in [0.15, 0.2) is 88.1 Å². The molecule has 16 nitrogen and oxygen atoms in total. The molecule has 0 saturated carbocycles. The number of benzene rings is 2. The molecule has 400 valence electrons. The Morgan fingerprint density at radius 3 is 1.74 bits per heavy atom. The lowest BCUT2D eigenvalue weighted by Gasteiger charge is -2.37. The van der Waals surface area contributed by atoms with E-state index in [0.29, 0.717) is 86.6 Å². The summed E-state index contributed by atoms with van der Waals surface area (Å²) >= 11 is 0. The number of nitrogens with zero attached hydrogens (tertiary/aromatic N) is 6. The number of hydrogen-bond donors (Lipinski definition) is 0. The number of fused-ring (bicyclic) bond motifs is 2. The van der Waals surface area contributed by atoms with Crippen molar-refractivity contribution in [3.8, 4) is 11.4 Å². The summed E-state index contributed by atoms with van der Waals surface area (Å²) < 4.78 is 29.5. The lowest BCUT2D eigenvalue weighted by Crippen LogP contribution is -2.52. The summed E-state index contributed by atoms with van der Waals surface area (Å²) in [6.45, 7) is 26.5. The fourth-order valence-electron chi connectivity index (χ4n) is 8.62. The smallest absolute Gasteiger partial charge is 0.323 e. The van der Waals surface area contributed by atoms with Gasteiger partial charge in [-0.25, -0.2) is 9.97 Å². The molecule has 0 amide bonds. The molecule has 0 bridgehead atoms. The Balaban J connectivity index is 1.28. The van der Waals surface area contributed by atoms with Gasteiger partial charge in [0.2, 0.25) is 11.1 Å². The average Bonchev–Trinajstić information content (AvgIpc) is 3.29. The molecule has 6 rings (SSSR count). The van der Waals surface area contributed by atoms with Crippen LogP contribution in [0.2, 0.25) is 0 Å². The largest absolute Gasteiger partial charge is 0.461 e. The molecular weight excluding hydrogens is 941 g/mol. The lowest BCUT2D eigenvalue weighted by molar-refractivity contribution is -0.163. The fraction of sp³-hybridized carbons (Fsp3) is 0.534. The zero-order chi connectivity index (χ0) is 54.0. The number of ether oxygens (including phenoxy) is 4. The molecule has 1 aliphatic rings. The van der Waals surface area contributed by atoms with Gasteiger partial charge >= 0.3 is 23.9 Å². The normalized spacial score (nSPS) is 16.0. The first kappa shape index (κ1) is 57.2. The predicted molar refractivity (Wildman–Crippen MR) is 286 cm³/mol. The van der Waals surface area contributed by atoms with Gasteiger partial charge in [0.1, 0.15) is 35.0 Å². The van der Waals surface area contributed by atoms with Gasteiger partial charge in [-0.15, -0.1) is 0 Å². The van der Waals surface area contributed by atoms with Crippen LogP contribution in [0.1, 0.15) is 113 Å². The third-order valence-corrected chi connectivity index (χ3v) is 12.3. The first-order chi connectivity index (χ1) is 34.7. The van der Waals surface area contributed by atoms with Gasteiger partial charge in [0.05, 0.1) is 40.9 Å². The minimum atomic E-state index is -0.850. The topological polar surface area (TPSA) is 174 Å². The Hall–Kier alpha value is -6.07. The second kappa shape index (κ2) is 24.5. The molecule has 5 aromatic rings. The van der Waals surface area contributed by atoms with Crippen molar-refractivity contribution in [3.05, 3.63) is 106 Å². The number of carbonyl (C=O) groups excluding carboxylic acids is 4. The van der Waals surface area contributed by atoms with E-state index in [9.17, 15) is 24.0 Å². The van der Waals surface area contributed by atoms with Gasteiger partial charge in [-0.1, -0.05) is 63.2 Å². The molecule has 1 unspecified atom stereocenters. The molecule has 0 radical (unpaired) electrons. The first-order valence-electron chi connectivity index (χ1n) is 25.8. The maximum atomic E-state index is 14.2. The Kier molecular flexibility index (Phi) is 19.0. The van der Waals surface area contributed by atoms with Crippen molar-refractivity contribution in [3.63, 3.8) is 0 Å². The second-order valence-corrected chi connectivity index (χ2v) is 23.2. The Labute approximate surface area is 436 Å². The van der Waals surface area contributed by atoms with E-state index in [1.807, 2.05) is 123 Å². The minimum absolute atomic E-state index is 0.00281. The van der Waals surface area contributed by atoms with E-state index >= 15 is 0 Å². The number of hydrogen-bond acceptors (Lipinski definition) is 16. The molecule has 0 spiro atoms. The van der Waals surface area contributed by atoms with E-state index in [1.165, 1.54) is 0 Å². The summed E-state index contributed by atoms with van der Waals surface area (Å²) in [4.78, 5) is 86.4. The van der Waals surface area contributed by atoms with Crippen LogP contribution in [-0.4, -0.2) is 142 Å². The van der Waals surface area contributed by atoms with Gasteiger partial charge in [0.25, 0.3) is 0 Å². The lowest BCUT2D eigenvalue weighted by atomic mass is 9.86. The Bertz CT molecular complexity index is 2740. The van der Waals surface area contributed by atoms with Crippen LogP contribution in [0.5, 0.6) is 0 Å². The quantitative estimate of drug-likeness (QED) is 0.0589. The maximum Gasteiger partial charge on any atom is 0.323 e. The van der Waals surface area contributed by atoms with E-state index in [-0.39, 0.29) is 61.0 Å². The van der Waals surface area contributed by atoms with Gasteiger partial charge in [-0.3, -0.25) is 43.6 Å². The van der Waals surface area contributed by atoms with Gasteiger partial charge in [0.15, 0.2) is 0 Å². The van der Waals surface area contributed by atoms with Crippen molar-refractivity contribution in [2.45, 2.75) is 137 Å². The van der Waals surface area contributed by atoms with Crippen LogP contribution in [0.4, 0.5) is 0 Å². The maximum absolute atomic E-state index is 14.2. The zero-order valence-electron chi connectivity index (χ0n) is 45.7. The summed E-state index contributed by atoms with van der Waals surface area (Å²) in [7, 11) is 0. The van der Waals surface area contributed by atoms with Crippen molar-refractivity contribution in [1.82, 2.24) is 29.6 Å². The minimum Gasteiger partial charge on any atom is -0.461 e. The van der Waals surface area contributed by atoms with Crippen LogP contribution in [0, 0.1) is 0 Å². The third kappa shape index (κ3) is 17.8. The van der Waals surface area contributed by atoms with Gasteiger partial charge in [0, 0.05) is 65.3 Å². The van der Waals surface area contributed by atoms with Crippen molar-refractivity contribution in [2.24, 2.45) is 0 Å². The predicted octanol–water partition coefficient (Wildman–Crippen LogP) is 8.34. The van der Waals surface area contributed by atoms with E-state index in [2.05, 4.69) is 25.7 Å². The highest BCUT2D eigenvalue weighted by Crippen LogP contribution is 2.28. The number of esters is 4. The molecule has 4 heterocycles. The van der Waals surface area contributed by atoms with E-state index < -0.39 is 34.8 Å². The number of aromatic nitrogens is 2. The number of pyridine rings is 2. The van der Waals surface area contributed by atoms with Crippen LogP contribution < -0.4 is 5.43 Å². The Morgan fingerprint density at radius 2 is 1.16 bits per heavy atom. The van der Waals surface area contributed by atoms with Crippen LogP contribution in [0.25, 0.3) is 33.5 Å². The van der Waals surface area contributed by atoms with Crippen molar-refractivity contribution >= 4 is 45.9 Å². The molecule has 2 aromatic carbocycles. The van der Waals surface area contributed by atoms with E-state index in [1.54, 1.807) is 32.9 Å². The summed E-state index contributed by atoms with van der Waals surface area (Å²) in [5, 5.41) is 0.897. The van der Waals surface area contributed by atoms with Crippen LogP contribution >= 0.6 is 0 Å². The summed E-state index contributed by atoms with van der Waals surface area (Å²) in [5.74, 6) is -1.69. The molecule has 74 heavy (non-hydrogen) atoms. The summed E-state index contributed by atoms with van der Waals surface area (Å²) in [6, 6.07) is 23.5. The Morgan fingerprint density at radius 1 is 0.595 bits per heavy atom. The standard InChI is InChI=1S/C58H78N6O10/c1-55(2,3)41-21-25-48-44(35-41)52(68)43-22-23-46(60-53(43)71-48)45-20-16-19-42(59-45)36-61-27-29-62(37-50(66)72-56(4,5)6)31-33-64(34-32-63(30-28-61)38-51(67)73-57(7,8)9)47(54(69)74-58(10,11)12)24-26-49(65)70-39-40-17-14-13-15-18-40/h13-23,25,35,47H,24,26-34,36-39H2,1-12H3. The SMILES string of the molecule is CC(C)(C)OC(=O)CN1CCN(Cc2cccc(-c3ccc4c(=O)c5cc(C(C)(C)C)ccc5oc4n3)n2)CCN(CC(=O)OC(C)(C)C)CCN(C(CCC(=O)OCc2ccccc2)C(=O)OC(C)(C)C)CC1. The molecule has 16 heteroatoms. The van der Waals surface area contributed by atoms with Crippen LogP contribution in [-0.2, 0) is 56.7 Å². The highest BCUT2D eigenvalue weighted by molar-refractivity contribution is 5.89. The van der Waals surface area contributed by atoms with Crippen molar-refractivity contribution < 1.29 is 42.5 Å². The van der Waals surface area contributed by atoms with E-state index in [4.69, 9.17) is 33.3 Å². The number of rotatable bonds is 14. The second-order valence-electron chi connectivity index (χ2n) is 23.2. The molecule has 0 N–H and O–H groups in total. The first-order valence-corrected chi connectivity index (χ1v) is 25.8. The summed E-state index contributed by atoms with van der Waals surface area (Å²) in [5.41, 5.74) is 1.99. The molecule has 1 fully saturated rings. The molecule has 1 atom stereocenters. The van der Waals surface area contributed by atoms with Crippen LogP contribution in [0.3, 0.4) is 0 Å². The molecule has 3 aromatic heterocycles.